The second kappa shape index (κ2) is 12.1. The van der Waals surface area contributed by atoms with Crippen molar-refractivity contribution >= 4 is 12.6 Å². The van der Waals surface area contributed by atoms with E-state index < -0.39 is 0 Å². The van der Waals surface area contributed by atoms with Crippen molar-refractivity contribution in [2.45, 2.75) is 58.6 Å². The second-order valence-corrected chi connectivity index (χ2v) is 2.96. The Balaban J connectivity index is 0. The van der Waals surface area contributed by atoms with Crippen LogP contribution in [0.25, 0.3) is 0 Å². The lowest BCUT2D eigenvalue weighted by molar-refractivity contribution is 0.676. The van der Waals surface area contributed by atoms with E-state index in [1.165, 1.54) is 25.7 Å². The Hall–Kier alpha value is 0.350. The first-order chi connectivity index (χ1) is 4.81. The molecule has 0 heterocycles. The lowest BCUT2D eigenvalue weighted by Gasteiger charge is -2.04. The van der Waals surface area contributed by atoms with Crippen molar-refractivity contribution < 1.29 is 0 Å². The molecule has 0 aromatic carbocycles. The normalized spacial score (nSPS) is 9.00. The molecule has 64 valence electrons. The van der Waals surface area contributed by atoms with E-state index in [1.807, 2.05) is 13.8 Å². The van der Waals surface area contributed by atoms with Crippen LogP contribution in [0.4, 0.5) is 0 Å². The van der Waals surface area contributed by atoms with Crippen LogP contribution in [0.2, 0.25) is 0 Å². The van der Waals surface area contributed by atoms with Crippen molar-refractivity contribution in [3.05, 3.63) is 0 Å². The Bertz CT molecular complexity index is 38.0. The van der Waals surface area contributed by atoms with Gasteiger partial charge in [-0.25, -0.2) is 0 Å². The summed E-state index contributed by atoms with van der Waals surface area (Å²) in [6.45, 7) is 8.41. The predicted molar refractivity (Wildman–Crippen MR) is 53.9 cm³/mol. The number of hydrogen-bond acceptors (Lipinski definition) is 1. The Morgan fingerprint density at radius 1 is 1.00 bits per heavy atom. The molecule has 0 aliphatic carbocycles. The third-order valence-corrected chi connectivity index (χ3v) is 1.76. The number of thiol groups is 1. The lowest BCUT2D eigenvalue weighted by Crippen LogP contribution is -1.95. The van der Waals surface area contributed by atoms with E-state index in [4.69, 9.17) is 0 Å². The number of hydrogen-bond donors (Lipinski definition) is 1. The highest BCUT2D eigenvalue weighted by Crippen LogP contribution is 2.09. The SMILES string of the molecule is CC.CCCC(S)CCC. The molecule has 0 aromatic heterocycles. The molecule has 0 saturated carbocycles. The first kappa shape index (κ1) is 13.0. The quantitative estimate of drug-likeness (QED) is 0.595. The van der Waals surface area contributed by atoms with Gasteiger partial charge in [-0.2, -0.15) is 12.6 Å². The van der Waals surface area contributed by atoms with Gasteiger partial charge < -0.3 is 0 Å². The van der Waals surface area contributed by atoms with Gasteiger partial charge in [0.25, 0.3) is 0 Å². The van der Waals surface area contributed by atoms with E-state index in [0.29, 0.717) is 5.25 Å². The molecule has 0 rings (SSSR count). The molecular weight excluding hydrogens is 140 g/mol. The van der Waals surface area contributed by atoms with E-state index in [0.717, 1.165) is 0 Å². The zero-order valence-electron chi connectivity index (χ0n) is 7.85. The highest BCUT2D eigenvalue weighted by atomic mass is 32.1. The Kier molecular flexibility index (Phi) is 15.7. The monoisotopic (exact) mass is 162 g/mol. The van der Waals surface area contributed by atoms with Crippen molar-refractivity contribution in [3.63, 3.8) is 0 Å². The highest BCUT2D eigenvalue weighted by molar-refractivity contribution is 7.80. The van der Waals surface area contributed by atoms with Gasteiger partial charge in [0.05, 0.1) is 0 Å². The third kappa shape index (κ3) is 11.2. The van der Waals surface area contributed by atoms with Gasteiger partial charge >= 0.3 is 0 Å². The fourth-order valence-corrected chi connectivity index (χ4v) is 1.33. The van der Waals surface area contributed by atoms with Gasteiger partial charge in [0.1, 0.15) is 0 Å². The molecule has 0 aliphatic heterocycles. The molecule has 0 amide bonds. The fourth-order valence-electron chi connectivity index (χ4n) is 0.811. The van der Waals surface area contributed by atoms with Crippen molar-refractivity contribution in [1.29, 1.82) is 0 Å². The van der Waals surface area contributed by atoms with Crippen LogP contribution in [-0.4, -0.2) is 5.25 Å². The summed E-state index contributed by atoms with van der Waals surface area (Å²) >= 11 is 4.39. The maximum Gasteiger partial charge on any atom is 0.00166 e. The van der Waals surface area contributed by atoms with E-state index in [1.54, 1.807) is 0 Å². The van der Waals surface area contributed by atoms with Gasteiger partial charge in [0.2, 0.25) is 0 Å². The fraction of sp³-hybridized carbons (Fsp3) is 1.00. The minimum Gasteiger partial charge on any atom is -0.176 e. The molecule has 0 saturated heterocycles. The summed E-state index contributed by atoms with van der Waals surface area (Å²) in [5, 5.41) is 0.657. The van der Waals surface area contributed by atoms with E-state index in [9.17, 15) is 0 Å². The molecule has 0 unspecified atom stereocenters. The largest absolute Gasteiger partial charge is 0.176 e. The Morgan fingerprint density at radius 3 is 1.50 bits per heavy atom. The average Bonchev–Trinajstić information content (AvgIpc) is 1.93. The van der Waals surface area contributed by atoms with Gasteiger partial charge in [-0.3, -0.25) is 0 Å². The van der Waals surface area contributed by atoms with E-state index in [2.05, 4.69) is 26.5 Å². The summed E-state index contributed by atoms with van der Waals surface area (Å²) in [4.78, 5) is 0. The van der Waals surface area contributed by atoms with Crippen molar-refractivity contribution in [2.75, 3.05) is 0 Å². The molecule has 0 fully saturated rings. The van der Waals surface area contributed by atoms with Crippen LogP contribution in [0.1, 0.15) is 53.4 Å². The first-order valence-corrected chi connectivity index (χ1v) is 5.01. The standard InChI is InChI=1S/C7H16S.C2H6/c1-3-5-7(8)6-4-2;1-2/h7-8H,3-6H2,1-2H3;1-2H3. The van der Waals surface area contributed by atoms with Crippen LogP contribution in [0.5, 0.6) is 0 Å². The molecule has 0 nitrogen and oxygen atoms in total. The van der Waals surface area contributed by atoms with Gasteiger partial charge in [0, 0.05) is 5.25 Å². The van der Waals surface area contributed by atoms with Crippen LogP contribution >= 0.6 is 12.6 Å². The summed E-state index contributed by atoms with van der Waals surface area (Å²) in [6, 6.07) is 0. The van der Waals surface area contributed by atoms with Crippen molar-refractivity contribution in [1.82, 2.24) is 0 Å². The maximum atomic E-state index is 4.39. The van der Waals surface area contributed by atoms with Gasteiger partial charge in [-0.15, -0.1) is 0 Å². The minimum absolute atomic E-state index is 0.657. The molecule has 0 N–H and O–H groups in total. The van der Waals surface area contributed by atoms with Crippen LogP contribution in [0.15, 0.2) is 0 Å². The summed E-state index contributed by atoms with van der Waals surface area (Å²) in [5.41, 5.74) is 0. The zero-order chi connectivity index (χ0) is 8.41. The minimum atomic E-state index is 0.657. The van der Waals surface area contributed by atoms with Crippen molar-refractivity contribution in [2.24, 2.45) is 0 Å². The topological polar surface area (TPSA) is 0 Å². The molecule has 0 atom stereocenters. The summed E-state index contributed by atoms with van der Waals surface area (Å²) in [5.74, 6) is 0. The van der Waals surface area contributed by atoms with Gasteiger partial charge in [-0.1, -0.05) is 40.5 Å². The Labute approximate surface area is 71.8 Å². The van der Waals surface area contributed by atoms with E-state index >= 15 is 0 Å². The summed E-state index contributed by atoms with van der Waals surface area (Å²) in [7, 11) is 0. The zero-order valence-corrected chi connectivity index (χ0v) is 8.75. The molecule has 0 spiro atoms. The molecular formula is C9H22S. The van der Waals surface area contributed by atoms with Gasteiger partial charge in [0.15, 0.2) is 0 Å². The molecule has 0 bridgehead atoms. The van der Waals surface area contributed by atoms with Gasteiger partial charge in [-0.05, 0) is 12.8 Å². The smallest absolute Gasteiger partial charge is 0.00166 e. The summed E-state index contributed by atoms with van der Waals surface area (Å²) < 4.78 is 0. The van der Waals surface area contributed by atoms with Crippen LogP contribution in [0.3, 0.4) is 0 Å². The molecule has 10 heavy (non-hydrogen) atoms. The highest BCUT2D eigenvalue weighted by Gasteiger charge is 1.96. The van der Waals surface area contributed by atoms with Crippen LogP contribution in [0, 0.1) is 0 Å². The summed E-state index contributed by atoms with van der Waals surface area (Å²) in [6.07, 6.45) is 5.09. The average molecular weight is 162 g/mol. The number of rotatable bonds is 4. The second-order valence-electron chi connectivity index (χ2n) is 2.23. The van der Waals surface area contributed by atoms with Crippen molar-refractivity contribution in [3.8, 4) is 0 Å². The Morgan fingerprint density at radius 2 is 1.30 bits per heavy atom. The molecule has 0 aliphatic rings. The van der Waals surface area contributed by atoms with E-state index in [-0.39, 0.29) is 0 Å². The first-order valence-electron chi connectivity index (χ1n) is 4.49. The lowest BCUT2D eigenvalue weighted by atomic mass is 10.2. The molecule has 1 heteroatoms. The molecule has 0 aromatic rings. The maximum absolute atomic E-state index is 4.39. The molecule has 0 radical (unpaired) electrons. The van der Waals surface area contributed by atoms with Crippen LogP contribution in [-0.2, 0) is 0 Å². The predicted octanol–water partition coefficient (Wildman–Crippen LogP) is 3.91. The third-order valence-electron chi connectivity index (χ3n) is 1.24. The van der Waals surface area contributed by atoms with Crippen LogP contribution < -0.4 is 0 Å².